The smallest absolute Gasteiger partial charge is 0.290 e. The van der Waals surface area contributed by atoms with E-state index in [1.165, 1.54) is 16.7 Å². The number of carbonyl (C=O) groups excluding carboxylic acids is 1. The third-order valence-electron chi connectivity index (χ3n) is 3.56. The van der Waals surface area contributed by atoms with Crippen molar-refractivity contribution in [3.05, 3.63) is 36.2 Å². The summed E-state index contributed by atoms with van der Waals surface area (Å²) in [6, 6.07) is 2.73. The van der Waals surface area contributed by atoms with Gasteiger partial charge in [-0.15, -0.1) is 0 Å². The summed E-state index contributed by atoms with van der Waals surface area (Å²) in [5.41, 5.74) is 0.289. The molecule has 1 atom stereocenters. The Morgan fingerprint density at radius 2 is 2.48 bits per heavy atom. The first kappa shape index (κ1) is 14.0. The second-order valence-electron chi connectivity index (χ2n) is 4.88. The molecule has 0 aliphatic carbocycles. The molecular weight excluding hydrogens is 277 g/mol. The van der Waals surface area contributed by atoms with E-state index in [2.05, 4.69) is 4.98 Å². The van der Waals surface area contributed by atoms with Crippen LogP contribution in [0.2, 0.25) is 0 Å². The number of imidazole rings is 1. The monoisotopic (exact) mass is 293 g/mol. The lowest BCUT2D eigenvalue weighted by atomic mass is 10.2. The third kappa shape index (κ3) is 2.50. The largest absolute Gasteiger partial charge is 0.382 e. The number of rotatable bonds is 3. The Morgan fingerprint density at radius 3 is 3.29 bits per heavy atom. The molecule has 6 nitrogen and oxygen atoms in total. The van der Waals surface area contributed by atoms with Gasteiger partial charge in [0.1, 0.15) is 11.3 Å². The van der Waals surface area contributed by atoms with E-state index in [4.69, 9.17) is 9.47 Å². The van der Waals surface area contributed by atoms with Crippen molar-refractivity contribution in [3.8, 4) is 0 Å². The number of amides is 1. The van der Waals surface area contributed by atoms with Gasteiger partial charge in [-0.05, 0) is 12.1 Å². The summed E-state index contributed by atoms with van der Waals surface area (Å²) in [6.45, 7) is 1.77. The third-order valence-corrected chi connectivity index (χ3v) is 3.56. The Balaban J connectivity index is 1.94. The van der Waals surface area contributed by atoms with E-state index in [1.807, 2.05) is 0 Å². The molecule has 0 unspecified atom stereocenters. The summed E-state index contributed by atoms with van der Waals surface area (Å²) < 4.78 is 25.6. The first-order valence-corrected chi connectivity index (χ1v) is 6.71. The molecule has 0 bridgehead atoms. The van der Waals surface area contributed by atoms with E-state index in [1.54, 1.807) is 24.3 Å². The lowest BCUT2D eigenvalue weighted by Gasteiger charge is -2.34. The van der Waals surface area contributed by atoms with Gasteiger partial charge in [-0.2, -0.15) is 0 Å². The number of hydrogen-bond acceptors (Lipinski definition) is 4. The van der Waals surface area contributed by atoms with Crippen LogP contribution in [-0.4, -0.2) is 59.7 Å². The van der Waals surface area contributed by atoms with Gasteiger partial charge in [-0.25, -0.2) is 9.37 Å². The van der Waals surface area contributed by atoms with Crippen LogP contribution in [0, 0.1) is 5.82 Å². The van der Waals surface area contributed by atoms with Crippen LogP contribution in [0.25, 0.3) is 5.52 Å². The molecule has 1 fully saturated rings. The van der Waals surface area contributed by atoms with E-state index in [-0.39, 0.29) is 23.3 Å². The van der Waals surface area contributed by atoms with Crippen molar-refractivity contribution in [2.75, 3.05) is 33.5 Å². The molecule has 0 spiro atoms. The Morgan fingerprint density at radius 1 is 1.62 bits per heavy atom. The first-order chi connectivity index (χ1) is 10.2. The normalized spacial score (nSPS) is 19.1. The van der Waals surface area contributed by atoms with E-state index in [9.17, 15) is 9.18 Å². The highest BCUT2D eigenvalue weighted by atomic mass is 19.1. The molecule has 1 aliphatic rings. The topological polar surface area (TPSA) is 56.1 Å². The van der Waals surface area contributed by atoms with E-state index >= 15 is 0 Å². The summed E-state index contributed by atoms with van der Waals surface area (Å²) in [5, 5.41) is 0. The van der Waals surface area contributed by atoms with Crippen molar-refractivity contribution in [1.29, 1.82) is 0 Å². The fraction of sp³-hybridized carbons (Fsp3) is 0.429. The van der Waals surface area contributed by atoms with Crippen LogP contribution in [0.5, 0.6) is 0 Å². The average molecular weight is 293 g/mol. The summed E-state index contributed by atoms with van der Waals surface area (Å²) in [7, 11) is 1.58. The molecule has 1 saturated heterocycles. The van der Waals surface area contributed by atoms with Gasteiger partial charge in [0.25, 0.3) is 5.91 Å². The van der Waals surface area contributed by atoms with Crippen LogP contribution in [0.15, 0.2) is 24.5 Å². The number of pyridine rings is 1. The van der Waals surface area contributed by atoms with Gasteiger partial charge in [-0.3, -0.25) is 9.20 Å². The van der Waals surface area contributed by atoms with Gasteiger partial charge in [0.15, 0.2) is 0 Å². The van der Waals surface area contributed by atoms with Crippen LogP contribution in [0.4, 0.5) is 4.39 Å². The van der Waals surface area contributed by atoms with E-state index in [0.717, 1.165) is 0 Å². The molecule has 0 N–H and O–H groups in total. The Labute approximate surface area is 121 Å². The Hall–Kier alpha value is -1.99. The molecule has 2 aromatic heterocycles. The molecule has 21 heavy (non-hydrogen) atoms. The van der Waals surface area contributed by atoms with Crippen LogP contribution in [0.3, 0.4) is 0 Å². The van der Waals surface area contributed by atoms with Gasteiger partial charge in [0.05, 0.1) is 32.1 Å². The zero-order chi connectivity index (χ0) is 14.8. The van der Waals surface area contributed by atoms with Crippen molar-refractivity contribution in [3.63, 3.8) is 0 Å². The van der Waals surface area contributed by atoms with Crippen molar-refractivity contribution in [2.24, 2.45) is 0 Å². The number of morpholine rings is 1. The predicted molar refractivity (Wildman–Crippen MR) is 72.7 cm³/mol. The standard InChI is InChI=1S/C14H16FN3O3/c1-20-8-10-9-21-6-5-17(10)14(19)13-16-7-12-11(15)3-2-4-18(12)13/h2-4,7,10H,5-6,8-9H2,1H3/t10-/m0/s1. The molecule has 7 heteroatoms. The number of fused-ring (bicyclic) bond motifs is 1. The molecule has 1 aliphatic heterocycles. The highest BCUT2D eigenvalue weighted by molar-refractivity contribution is 5.92. The molecule has 0 saturated carbocycles. The first-order valence-electron chi connectivity index (χ1n) is 6.71. The Kier molecular flexibility index (Phi) is 3.85. The van der Waals surface area contributed by atoms with Crippen LogP contribution >= 0.6 is 0 Å². The summed E-state index contributed by atoms with van der Waals surface area (Å²) in [4.78, 5) is 18.4. The minimum atomic E-state index is -0.403. The molecule has 0 aromatic carbocycles. The fourth-order valence-electron chi connectivity index (χ4n) is 2.53. The predicted octanol–water partition coefficient (Wildman–Crippen LogP) is 0.961. The quantitative estimate of drug-likeness (QED) is 0.846. The Bertz CT molecular complexity index is 656. The lowest BCUT2D eigenvalue weighted by Crippen LogP contribution is -2.51. The van der Waals surface area contributed by atoms with Gasteiger partial charge < -0.3 is 14.4 Å². The number of ether oxygens (including phenoxy) is 2. The summed E-state index contributed by atoms with van der Waals surface area (Å²) in [6.07, 6.45) is 3.00. The van der Waals surface area contributed by atoms with Crippen molar-refractivity contribution in [1.82, 2.24) is 14.3 Å². The number of halogens is 1. The second-order valence-corrected chi connectivity index (χ2v) is 4.88. The van der Waals surface area contributed by atoms with Gasteiger partial charge in [0.2, 0.25) is 5.82 Å². The molecule has 2 aromatic rings. The lowest BCUT2D eigenvalue weighted by molar-refractivity contribution is -0.0257. The van der Waals surface area contributed by atoms with Crippen LogP contribution in [0.1, 0.15) is 10.6 Å². The average Bonchev–Trinajstić information content (AvgIpc) is 2.93. The molecule has 112 valence electrons. The van der Waals surface area contributed by atoms with Crippen LogP contribution in [-0.2, 0) is 9.47 Å². The number of methoxy groups -OCH3 is 1. The van der Waals surface area contributed by atoms with Crippen molar-refractivity contribution >= 4 is 11.4 Å². The van der Waals surface area contributed by atoms with E-state index in [0.29, 0.717) is 26.4 Å². The number of aromatic nitrogens is 2. The van der Waals surface area contributed by atoms with Crippen molar-refractivity contribution in [2.45, 2.75) is 6.04 Å². The van der Waals surface area contributed by atoms with Gasteiger partial charge in [-0.1, -0.05) is 0 Å². The van der Waals surface area contributed by atoms with Crippen molar-refractivity contribution < 1.29 is 18.7 Å². The highest BCUT2D eigenvalue weighted by Crippen LogP contribution is 2.16. The zero-order valence-electron chi connectivity index (χ0n) is 11.7. The second kappa shape index (κ2) is 5.79. The maximum Gasteiger partial charge on any atom is 0.290 e. The minimum Gasteiger partial charge on any atom is -0.382 e. The molecule has 1 amide bonds. The van der Waals surface area contributed by atoms with Crippen LogP contribution < -0.4 is 0 Å². The zero-order valence-corrected chi connectivity index (χ0v) is 11.7. The number of carbonyl (C=O) groups is 1. The molecule has 3 rings (SSSR count). The SMILES string of the molecule is COC[C@H]1COCCN1C(=O)c1ncc2c(F)cccn12. The maximum absolute atomic E-state index is 13.7. The minimum absolute atomic E-state index is 0.155. The maximum atomic E-state index is 13.7. The molecule has 0 radical (unpaired) electrons. The number of hydrogen-bond donors (Lipinski definition) is 0. The van der Waals surface area contributed by atoms with Gasteiger partial charge in [0, 0.05) is 19.9 Å². The van der Waals surface area contributed by atoms with E-state index < -0.39 is 5.82 Å². The summed E-state index contributed by atoms with van der Waals surface area (Å²) >= 11 is 0. The highest BCUT2D eigenvalue weighted by Gasteiger charge is 2.30. The number of nitrogens with zero attached hydrogens (tertiary/aromatic N) is 3. The van der Waals surface area contributed by atoms with Gasteiger partial charge >= 0.3 is 0 Å². The molecule has 3 heterocycles. The molecular formula is C14H16FN3O3. The summed E-state index contributed by atoms with van der Waals surface area (Å²) in [5.74, 6) is -0.446. The fourth-order valence-corrected chi connectivity index (χ4v) is 2.53.